The van der Waals surface area contributed by atoms with Crippen LogP contribution >= 0.6 is 0 Å². The Morgan fingerprint density at radius 3 is 2.55 bits per heavy atom. The lowest BCUT2D eigenvalue weighted by atomic mass is 10.0. The molecule has 3 heteroatoms. The molecular formula is C19H18O3. The summed E-state index contributed by atoms with van der Waals surface area (Å²) in [6.07, 6.45) is 1.78. The van der Waals surface area contributed by atoms with Crippen LogP contribution in [0.3, 0.4) is 0 Å². The zero-order valence-corrected chi connectivity index (χ0v) is 13.0. The van der Waals surface area contributed by atoms with Crippen LogP contribution in [-0.4, -0.2) is 12.4 Å². The van der Waals surface area contributed by atoms with Crippen molar-refractivity contribution in [3.8, 4) is 11.5 Å². The predicted molar refractivity (Wildman–Crippen MR) is 86.5 cm³/mol. The SMILES string of the molecule is CCOc1cc(C)c2c(c1)O/C(=C\c1ccc(C)cc1)C2=O. The topological polar surface area (TPSA) is 35.5 Å². The van der Waals surface area contributed by atoms with Crippen LogP contribution in [0.5, 0.6) is 11.5 Å². The summed E-state index contributed by atoms with van der Waals surface area (Å²) in [5.41, 5.74) is 3.63. The highest BCUT2D eigenvalue weighted by molar-refractivity contribution is 6.15. The number of Topliss-reactive ketones (excluding diaryl/α,β-unsaturated/α-hetero) is 1. The zero-order valence-electron chi connectivity index (χ0n) is 13.0. The van der Waals surface area contributed by atoms with Gasteiger partial charge in [-0.1, -0.05) is 29.8 Å². The highest BCUT2D eigenvalue weighted by Crippen LogP contribution is 2.37. The number of fused-ring (bicyclic) bond motifs is 1. The van der Waals surface area contributed by atoms with Gasteiger partial charge in [-0.15, -0.1) is 0 Å². The highest BCUT2D eigenvalue weighted by Gasteiger charge is 2.29. The maximum Gasteiger partial charge on any atom is 0.232 e. The van der Waals surface area contributed by atoms with Gasteiger partial charge in [0.05, 0.1) is 12.2 Å². The molecule has 0 unspecified atom stereocenters. The average molecular weight is 294 g/mol. The molecule has 1 aliphatic heterocycles. The lowest BCUT2D eigenvalue weighted by Gasteiger charge is -2.06. The third-order valence-electron chi connectivity index (χ3n) is 3.63. The van der Waals surface area contributed by atoms with E-state index in [1.807, 2.05) is 51.1 Å². The lowest BCUT2D eigenvalue weighted by molar-refractivity contribution is 0.101. The zero-order chi connectivity index (χ0) is 15.7. The highest BCUT2D eigenvalue weighted by atomic mass is 16.5. The smallest absolute Gasteiger partial charge is 0.232 e. The minimum Gasteiger partial charge on any atom is -0.494 e. The molecule has 0 bridgehead atoms. The quantitative estimate of drug-likeness (QED) is 0.791. The van der Waals surface area contributed by atoms with Crippen LogP contribution in [0.15, 0.2) is 42.2 Å². The third-order valence-corrected chi connectivity index (χ3v) is 3.63. The van der Waals surface area contributed by atoms with Crippen molar-refractivity contribution >= 4 is 11.9 Å². The summed E-state index contributed by atoms with van der Waals surface area (Å²) >= 11 is 0. The minimum atomic E-state index is -0.0730. The largest absolute Gasteiger partial charge is 0.494 e. The van der Waals surface area contributed by atoms with Gasteiger partial charge in [-0.3, -0.25) is 4.79 Å². The summed E-state index contributed by atoms with van der Waals surface area (Å²) < 4.78 is 11.3. The molecule has 1 heterocycles. The van der Waals surface area contributed by atoms with Crippen molar-refractivity contribution < 1.29 is 14.3 Å². The first-order valence-electron chi connectivity index (χ1n) is 7.37. The summed E-state index contributed by atoms with van der Waals surface area (Å²) in [4.78, 5) is 12.5. The van der Waals surface area contributed by atoms with Gasteiger partial charge in [0.1, 0.15) is 11.5 Å². The van der Waals surface area contributed by atoms with E-state index >= 15 is 0 Å². The molecule has 0 atom stereocenters. The lowest BCUT2D eigenvalue weighted by Crippen LogP contribution is -1.99. The van der Waals surface area contributed by atoms with Crippen molar-refractivity contribution in [3.63, 3.8) is 0 Å². The van der Waals surface area contributed by atoms with E-state index in [2.05, 4.69) is 0 Å². The Labute approximate surface area is 130 Å². The number of aryl methyl sites for hydroxylation is 2. The molecule has 0 radical (unpaired) electrons. The van der Waals surface area contributed by atoms with Crippen LogP contribution in [0.2, 0.25) is 0 Å². The average Bonchev–Trinajstić information content (AvgIpc) is 2.78. The standard InChI is InChI=1S/C19H18O3/c1-4-21-15-9-13(3)18-16(11-15)22-17(19(18)20)10-14-7-5-12(2)6-8-14/h5-11H,4H2,1-3H3/b17-10-. The number of benzene rings is 2. The van der Waals surface area contributed by atoms with E-state index in [0.717, 1.165) is 16.9 Å². The van der Waals surface area contributed by atoms with Gasteiger partial charge in [-0.25, -0.2) is 0 Å². The van der Waals surface area contributed by atoms with Crippen LogP contribution in [-0.2, 0) is 0 Å². The van der Waals surface area contributed by atoms with E-state index < -0.39 is 0 Å². The fourth-order valence-electron chi connectivity index (χ4n) is 2.54. The molecule has 112 valence electrons. The second kappa shape index (κ2) is 5.68. The van der Waals surface area contributed by atoms with E-state index in [1.54, 1.807) is 12.1 Å². The Morgan fingerprint density at radius 2 is 1.86 bits per heavy atom. The van der Waals surface area contributed by atoms with Crippen molar-refractivity contribution in [1.29, 1.82) is 0 Å². The Balaban J connectivity index is 1.96. The van der Waals surface area contributed by atoms with E-state index in [-0.39, 0.29) is 5.78 Å². The number of ether oxygens (including phenoxy) is 2. The molecule has 0 fully saturated rings. The maximum atomic E-state index is 12.5. The molecule has 0 N–H and O–H groups in total. The summed E-state index contributed by atoms with van der Waals surface area (Å²) in [7, 11) is 0. The molecule has 2 aromatic rings. The van der Waals surface area contributed by atoms with E-state index in [9.17, 15) is 4.79 Å². The molecule has 2 aromatic carbocycles. The van der Waals surface area contributed by atoms with E-state index in [4.69, 9.17) is 9.47 Å². The van der Waals surface area contributed by atoms with Crippen molar-refractivity contribution in [2.45, 2.75) is 20.8 Å². The molecule has 3 nitrogen and oxygen atoms in total. The molecule has 0 amide bonds. The van der Waals surface area contributed by atoms with Crippen molar-refractivity contribution in [1.82, 2.24) is 0 Å². The summed E-state index contributed by atoms with van der Waals surface area (Å²) in [5.74, 6) is 1.58. The van der Waals surface area contributed by atoms with Gasteiger partial charge >= 0.3 is 0 Å². The van der Waals surface area contributed by atoms with Gasteiger partial charge in [-0.2, -0.15) is 0 Å². The Kier molecular flexibility index (Phi) is 3.72. The number of carbonyl (C=O) groups is 1. The summed E-state index contributed by atoms with van der Waals surface area (Å²) in [6, 6.07) is 11.6. The summed E-state index contributed by atoms with van der Waals surface area (Å²) in [6.45, 7) is 6.44. The number of allylic oxidation sites excluding steroid dienone is 1. The van der Waals surface area contributed by atoms with Crippen LogP contribution in [0.4, 0.5) is 0 Å². The Morgan fingerprint density at radius 1 is 1.14 bits per heavy atom. The maximum absolute atomic E-state index is 12.5. The fraction of sp³-hybridized carbons (Fsp3) is 0.211. The molecule has 0 spiro atoms. The second-order valence-corrected chi connectivity index (χ2v) is 5.40. The van der Waals surface area contributed by atoms with Gasteiger partial charge in [0, 0.05) is 6.07 Å². The van der Waals surface area contributed by atoms with Crippen LogP contribution < -0.4 is 9.47 Å². The first kappa shape index (κ1) is 14.4. The molecule has 0 aromatic heterocycles. The van der Waals surface area contributed by atoms with Crippen molar-refractivity contribution in [3.05, 3.63) is 64.4 Å². The molecule has 0 saturated carbocycles. The number of ketones is 1. The van der Waals surface area contributed by atoms with Gasteiger partial charge in [0.2, 0.25) is 5.78 Å². The summed E-state index contributed by atoms with van der Waals surface area (Å²) in [5, 5.41) is 0. The normalized spacial score (nSPS) is 14.9. The van der Waals surface area contributed by atoms with Crippen LogP contribution in [0.25, 0.3) is 6.08 Å². The van der Waals surface area contributed by atoms with Crippen molar-refractivity contribution in [2.24, 2.45) is 0 Å². The first-order chi connectivity index (χ1) is 10.6. The van der Waals surface area contributed by atoms with Crippen molar-refractivity contribution in [2.75, 3.05) is 6.61 Å². The fourth-order valence-corrected chi connectivity index (χ4v) is 2.54. The molecule has 0 aliphatic carbocycles. The predicted octanol–water partition coefficient (Wildman–Crippen LogP) is 4.32. The minimum absolute atomic E-state index is 0.0730. The number of rotatable bonds is 3. The second-order valence-electron chi connectivity index (χ2n) is 5.40. The monoisotopic (exact) mass is 294 g/mol. The first-order valence-corrected chi connectivity index (χ1v) is 7.37. The van der Waals surface area contributed by atoms with Gasteiger partial charge in [0.15, 0.2) is 5.76 Å². The van der Waals surface area contributed by atoms with Gasteiger partial charge < -0.3 is 9.47 Å². The number of hydrogen-bond donors (Lipinski definition) is 0. The molecular weight excluding hydrogens is 276 g/mol. The van der Waals surface area contributed by atoms with Gasteiger partial charge in [-0.05, 0) is 44.0 Å². The molecule has 1 aliphatic rings. The molecule has 0 saturated heterocycles. The van der Waals surface area contributed by atoms with Crippen LogP contribution in [0.1, 0.15) is 34.0 Å². The third kappa shape index (κ3) is 2.62. The molecule has 3 rings (SSSR count). The van der Waals surface area contributed by atoms with E-state index in [0.29, 0.717) is 23.7 Å². The Hall–Kier alpha value is -2.55. The van der Waals surface area contributed by atoms with E-state index in [1.165, 1.54) is 5.56 Å². The van der Waals surface area contributed by atoms with Crippen LogP contribution in [0, 0.1) is 13.8 Å². The Bertz CT molecular complexity index is 755. The molecule has 22 heavy (non-hydrogen) atoms. The number of carbonyl (C=O) groups excluding carboxylic acids is 1. The van der Waals surface area contributed by atoms with Gasteiger partial charge in [0.25, 0.3) is 0 Å². The number of hydrogen-bond acceptors (Lipinski definition) is 3.